The van der Waals surface area contributed by atoms with Crippen molar-refractivity contribution >= 4 is 45.8 Å². The molecule has 1 aromatic rings. The number of rotatable bonds is 5. The number of nitrogens with two attached hydrogens (primary N) is 2. The summed E-state index contributed by atoms with van der Waals surface area (Å²) in [5, 5.41) is 10.6. The van der Waals surface area contributed by atoms with Crippen LogP contribution < -0.4 is 23.5 Å². The van der Waals surface area contributed by atoms with E-state index in [1.54, 1.807) is 12.1 Å². The zero-order valence-corrected chi connectivity index (χ0v) is 13.3. The van der Waals surface area contributed by atoms with Crippen molar-refractivity contribution in [3.8, 4) is 0 Å². The van der Waals surface area contributed by atoms with Crippen LogP contribution in [0.15, 0.2) is 23.4 Å². The molecule has 0 fully saturated rings. The second-order valence-electron chi connectivity index (χ2n) is 3.39. The average molecular weight is 343 g/mol. The first-order valence-electron chi connectivity index (χ1n) is 5.13. The van der Waals surface area contributed by atoms with Crippen molar-refractivity contribution in [2.75, 3.05) is 12.4 Å². The second-order valence-corrected chi connectivity index (χ2v) is 5.37. The molecule has 1 aromatic carbocycles. The molecule has 0 bridgehead atoms. The fourth-order valence-corrected chi connectivity index (χ4v) is 1.80. The molecule has 1 rings (SSSR count). The lowest BCUT2D eigenvalue weighted by Crippen LogP contribution is -3.00. The van der Waals surface area contributed by atoms with E-state index in [1.165, 1.54) is 11.8 Å². The molecule has 0 unspecified atom stereocenters. The fraction of sp³-hybridized carbons (Fsp3) is 0.273. The van der Waals surface area contributed by atoms with Gasteiger partial charge in [-0.05, 0) is 30.8 Å². The molecular formula is C11H14Cl3N3OS. The van der Waals surface area contributed by atoms with Crippen molar-refractivity contribution in [3.63, 3.8) is 0 Å². The van der Waals surface area contributed by atoms with Crippen LogP contribution in [0.25, 0.3) is 0 Å². The number of amidine groups is 1. The number of halogens is 3. The number of hydrogen-bond donors (Lipinski definition) is 2. The molecule has 0 amide bonds. The molecule has 0 atom stereocenters. The maximum Gasteiger partial charge on any atom is 0.299 e. The summed E-state index contributed by atoms with van der Waals surface area (Å²) in [4.78, 5) is 5.14. The predicted octanol–water partition coefficient (Wildman–Crippen LogP) is -1.45. The molecule has 0 aliphatic rings. The van der Waals surface area contributed by atoms with Gasteiger partial charge < -0.3 is 17.2 Å². The van der Waals surface area contributed by atoms with E-state index in [9.17, 15) is 0 Å². The summed E-state index contributed by atoms with van der Waals surface area (Å²) < 4.78 is 0. The molecule has 4 nitrogen and oxygen atoms in total. The maximum absolute atomic E-state index is 5.91. The monoisotopic (exact) mass is 341 g/mol. The van der Waals surface area contributed by atoms with E-state index >= 15 is 0 Å². The molecule has 4 N–H and O–H groups in total. The smallest absolute Gasteiger partial charge is 0.299 e. The number of thioether (sulfide) groups is 1. The van der Waals surface area contributed by atoms with Crippen LogP contribution in [0, 0.1) is 0 Å². The molecule has 106 valence electrons. The van der Waals surface area contributed by atoms with Gasteiger partial charge in [0.15, 0.2) is 0 Å². The lowest BCUT2D eigenvalue weighted by atomic mass is 10.1. The minimum atomic E-state index is 0. The zero-order chi connectivity index (χ0) is 13.5. The van der Waals surface area contributed by atoms with Crippen molar-refractivity contribution in [2.45, 2.75) is 6.92 Å². The summed E-state index contributed by atoms with van der Waals surface area (Å²) in [6.07, 6.45) is 0. The van der Waals surface area contributed by atoms with Crippen LogP contribution in [0.3, 0.4) is 0 Å². The van der Waals surface area contributed by atoms with E-state index in [4.69, 9.17) is 39.2 Å². The summed E-state index contributed by atoms with van der Waals surface area (Å²) in [7, 11) is 0. The fourth-order valence-electron chi connectivity index (χ4n) is 1.11. The molecule has 0 saturated carbocycles. The van der Waals surface area contributed by atoms with Gasteiger partial charge in [0, 0.05) is 11.3 Å². The third-order valence-corrected chi connectivity index (χ3v) is 3.43. The second kappa shape index (κ2) is 9.31. The van der Waals surface area contributed by atoms with E-state index in [0.29, 0.717) is 27.6 Å². The van der Waals surface area contributed by atoms with Gasteiger partial charge in [0.1, 0.15) is 6.61 Å². The molecule has 19 heavy (non-hydrogen) atoms. The van der Waals surface area contributed by atoms with E-state index in [-0.39, 0.29) is 12.4 Å². The maximum atomic E-state index is 5.91. The summed E-state index contributed by atoms with van der Waals surface area (Å²) in [5.74, 6) is 0.653. The lowest BCUT2D eigenvalue weighted by Gasteiger charge is -2.03. The van der Waals surface area contributed by atoms with Crippen molar-refractivity contribution < 1.29 is 22.7 Å². The average Bonchev–Trinajstić information content (AvgIpc) is 2.31. The molecule has 0 radical (unpaired) electrons. The molecule has 0 spiro atoms. The molecule has 8 heteroatoms. The number of hydrogen-bond acceptors (Lipinski definition) is 3. The van der Waals surface area contributed by atoms with Crippen LogP contribution in [-0.4, -0.2) is 23.2 Å². The Morgan fingerprint density at radius 2 is 2.11 bits per heavy atom. The summed E-state index contributed by atoms with van der Waals surface area (Å²) in [6.45, 7) is 2.26. The van der Waals surface area contributed by atoms with Gasteiger partial charge in [-0.3, -0.25) is 11.1 Å². The van der Waals surface area contributed by atoms with Crippen LogP contribution in [0.5, 0.6) is 0 Å². The van der Waals surface area contributed by atoms with Gasteiger partial charge in [-0.1, -0.05) is 34.4 Å². The van der Waals surface area contributed by atoms with Crippen molar-refractivity contribution in [1.82, 2.24) is 0 Å². The van der Waals surface area contributed by atoms with Crippen molar-refractivity contribution in [2.24, 2.45) is 10.9 Å². The van der Waals surface area contributed by atoms with Gasteiger partial charge in [-0.2, -0.15) is 0 Å². The Kier molecular flexibility index (Phi) is 9.01. The van der Waals surface area contributed by atoms with Crippen LogP contribution in [0.4, 0.5) is 0 Å². The molecule has 0 aromatic heterocycles. The van der Waals surface area contributed by atoms with E-state index in [2.05, 4.69) is 5.16 Å². The van der Waals surface area contributed by atoms with Crippen LogP contribution in [0.1, 0.15) is 12.5 Å². The Morgan fingerprint density at radius 3 is 2.68 bits per heavy atom. The van der Waals surface area contributed by atoms with Gasteiger partial charge in [0.25, 0.3) is 5.17 Å². The normalized spacial score (nSPS) is 10.8. The summed E-state index contributed by atoms with van der Waals surface area (Å²) in [6, 6.07) is 5.29. The highest BCUT2D eigenvalue weighted by molar-refractivity contribution is 8.13. The summed E-state index contributed by atoms with van der Waals surface area (Å²) >= 11 is 13.1. The topological polar surface area (TPSA) is 73.2 Å². The van der Waals surface area contributed by atoms with Crippen molar-refractivity contribution in [1.29, 1.82) is 0 Å². The Bertz CT molecular complexity index is 468. The van der Waals surface area contributed by atoms with Crippen LogP contribution in [-0.2, 0) is 4.84 Å². The zero-order valence-electron chi connectivity index (χ0n) is 10.2. The molecule has 0 aliphatic carbocycles. The number of nitrogens with zero attached hydrogens (tertiary/aromatic N) is 1. The quantitative estimate of drug-likeness (QED) is 0.297. The van der Waals surface area contributed by atoms with Crippen LogP contribution >= 0.6 is 35.0 Å². The molecule has 0 saturated heterocycles. The van der Waals surface area contributed by atoms with E-state index in [0.717, 1.165) is 11.3 Å². The van der Waals surface area contributed by atoms with E-state index in [1.807, 2.05) is 13.0 Å². The van der Waals surface area contributed by atoms with Crippen molar-refractivity contribution in [3.05, 3.63) is 33.8 Å². The minimum Gasteiger partial charge on any atom is -1.00 e. The summed E-state index contributed by atoms with van der Waals surface area (Å²) in [5.41, 5.74) is 6.88. The third kappa shape index (κ3) is 6.92. The Labute approximate surface area is 132 Å². The Hall–Kier alpha value is -0.620. The van der Waals surface area contributed by atoms with Gasteiger partial charge in [-0.15, -0.1) is 0 Å². The van der Waals surface area contributed by atoms with Gasteiger partial charge in [-0.25, -0.2) is 0 Å². The molecule has 0 aliphatic heterocycles. The van der Waals surface area contributed by atoms with E-state index < -0.39 is 0 Å². The number of benzene rings is 1. The highest BCUT2D eigenvalue weighted by atomic mass is 35.5. The lowest BCUT2D eigenvalue weighted by molar-refractivity contribution is -0.110. The number of oxime groups is 1. The van der Waals surface area contributed by atoms with Crippen LogP contribution in [0.2, 0.25) is 10.0 Å². The minimum absolute atomic E-state index is 0. The van der Waals surface area contributed by atoms with Gasteiger partial charge in [0.2, 0.25) is 0 Å². The standard InChI is InChI=1S/C11H13Cl2N3OS.ClH/c1-7(16-17-4-5-18-11(14)15)8-2-3-9(12)10(13)6-8;/h2-3,6H,4-5H2,1H3,(H3,14,15);1H. The molecule has 0 heterocycles. The first-order valence-corrected chi connectivity index (χ1v) is 6.87. The Morgan fingerprint density at radius 1 is 1.42 bits per heavy atom. The largest absolute Gasteiger partial charge is 1.00 e. The highest BCUT2D eigenvalue weighted by Crippen LogP contribution is 2.22. The van der Waals surface area contributed by atoms with Gasteiger partial charge in [0.05, 0.1) is 15.8 Å². The third-order valence-electron chi connectivity index (χ3n) is 1.98. The highest BCUT2D eigenvalue weighted by Gasteiger charge is 2.03. The first kappa shape index (κ1) is 18.4. The Balaban J connectivity index is 0.00000324. The molecular weight excluding hydrogens is 329 g/mol. The predicted molar refractivity (Wildman–Crippen MR) is 78.2 cm³/mol. The van der Waals surface area contributed by atoms with Gasteiger partial charge >= 0.3 is 0 Å². The first-order chi connectivity index (χ1) is 8.50. The SMILES string of the molecule is CC(=NOCCSC(N)=[NH2+])c1ccc(Cl)c(Cl)c1.[Cl-].